The van der Waals surface area contributed by atoms with Crippen molar-refractivity contribution in [2.24, 2.45) is 0 Å². The van der Waals surface area contributed by atoms with Crippen LogP contribution in [0.25, 0.3) is 21.8 Å². The van der Waals surface area contributed by atoms with Gasteiger partial charge >= 0.3 is 12.1 Å². The van der Waals surface area contributed by atoms with Crippen LogP contribution in [-0.2, 0) is 20.8 Å². The number of nitrogens with one attached hydrogen (secondary N) is 1. The largest absolute Gasteiger partial charge is 0.461 e. The molecule has 0 saturated carbocycles. The minimum absolute atomic E-state index is 0.0454. The van der Waals surface area contributed by atoms with Gasteiger partial charge in [-0.05, 0) is 39.8 Å². The van der Waals surface area contributed by atoms with Crippen LogP contribution in [0.2, 0.25) is 0 Å². The predicted octanol–water partition coefficient (Wildman–Crippen LogP) is 3.59. The van der Waals surface area contributed by atoms with Crippen LogP contribution in [0.4, 0.5) is 4.79 Å². The number of aromatic amines is 1. The third-order valence-electron chi connectivity index (χ3n) is 4.29. The maximum Gasteiger partial charge on any atom is 0.419 e. The summed E-state index contributed by atoms with van der Waals surface area (Å²) in [7, 11) is 1.49. The van der Waals surface area contributed by atoms with Gasteiger partial charge in [-0.2, -0.15) is 0 Å². The molecule has 0 radical (unpaired) electrons. The van der Waals surface area contributed by atoms with Crippen molar-refractivity contribution >= 4 is 33.9 Å². The monoisotopic (exact) mass is 400 g/mol. The van der Waals surface area contributed by atoms with E-state index >= 15 is 0 Å². The summed E-state index contributed by atoms with van der Waals surface area (Å²) in [6.45, 7) is 7.24. The second-order valence-corrected chi connectivity index (χ2v) is 7.52. The summed E-state index contributed by atoms with van der Waals surface area (Å²) in [4.78, 5) is 41.0. The van der Waals surface area contributed by atoms with Crippen LogP contribution in [0.1, 0.15) is 43.7 Å². The SMILES string of the molecule is CCOC(=O)c1[nH]cc2c(c1COC)c1c(=O)cccc1n2C(=O)OC(C)(C)C. The molecule has 2 aromatic heterocycles. The molecular weight excluding hydrogens is 376 g/mol. The third-order valence-corrected chi connectivity index (χ3v) is 4.29. The topological polar surface area (TPSA) is 99.6 Å². The molecular formula is C21H24N2O6. The Hall–Kier alpha value is -3.13. The van der Waals surface area contributed by atoms with E-state index in [9.17, 15) is 14.4 Å². The van der Waals surface area contributed by atoms with Crippen molar-refractivity contribution in [2.45, 2.75) is 39.9 Å². The van der Waals surface area contributed by atoms with Crippen molar-refractivity contribution in [3.8, 4) is 0 Å². The number of esters is 1. The van der Waals surface area contributed by atoms with Crippen LogP contribution >= 0.6 is 0 Å². The van der Waals surface area contributed by atoms with E-state index in [4.69, 9.17) is 14.2 Å². The first kappa shape index (κ1) is 20.6. The lowest BCUT2D eigenvalue weighted by atomic mass is 10.1. The average Bonchev–Trinajstić information content (AvgIpc) is 2.97. The summed E-state index contributed by atoms with van der Waals surface area (Å²) < 4.78 is 17.3. The molecule has 8 heteroatoms. The van der Waals surface area contributed by atoms with E-state index in [0.717, 1.165) is 0 Å². The first-order valence-corrected chi connectivity index (χ1v) is 9.26. The fourth-order valence-corrected chi connectivity index (χ4v) is 3.30. The van der Waals surface area contributed by atoms with Crippen LogP contribution in [0.15, 0.2) is 29.2 Å². The molecule has 154 valence electrons. The number of fused-ring (bicyclic) bond motifs is 3. The van der Waals surface area contributed by atoms with Crippen molar-refractivity contribution < 1.29 is 23.8 Å². The first-order valence-electron chi connectivity index (χ1n) is 9.26. The molecule has 3 aromatic rings. The molecule has 1 aromatic carbocycles. The summed E-state index contributed by atoms with van der Waals surface area (Å²) in [5.41, 5.74) is 0.435. The van der Waals surface area contributed by atoms with Gasteiger partial charge in [0.1, 0.15) is 11.3 Å². The molecule has 0 saturated heterocycles. The Morgan fingerprint density at radius 1 is 1.14 bits per heavy atom. The van der Waals surface area contributed by atoms with Crippen LogP contribution in [0.3, 0.4) is 0 Å². The van der Waals surface area contributed by atoms with Crippen molar-refractivity contribution in [3.05, 3.63) is 45.9 Å². The number of pyridine rings is 1. The number of carbonyl (C=O) groups excluding carboxylic acids is 2. The molecule has 2 heterocycles. The van der Waals surface area contributed by atoms with Gasteiger partial charge in [0, 0.05) is 24.3 Å². The van der Waals surface area contributed by atoms with Crippen molar-refractivity contribution in [1.82, 2.24) is 9.55 Å². The lowest BCUT2D eigenvalue weighted by molar-refractivity contribution is 0.0513. The van der Waals surface area contributed by atoms with E-state index < -0.39 is 17.7 Å². The highest BCUT2D eigenvalue weighted by Gasteiger charge is 2.27. The summed E-state index contributed by atoms with van der Waals surface area (Å²) in [6, 6.07) is 4.66. The Balaban J connectivity index is 2.43. The highest BCUT2D eigenvalue weighted by molar-refractivity contribution is 6.15. The number of ether oxygens (including phenoxy) is 3. The Morgan fingerprint density at radius 3 is 2.48 bits per heavy atom. The number of H-pyrrole nitrogens is 1. The second-order valence-electron chi connectivity index (χ2n) is 7.52. The van der Waals surface area contributed by atoms with E-state index in [1.807, 2.05) is 0 Å². The summed E-state index contributed by atoms with van der Waals surface area (Å²) in [6.07, 6.45) is 0.883. The summed E-state index contributed by atoms with van der Waals surface area (Å²) in [5, 5.41) is 0.778. The maximum absolute atomic E-state index is 13.0. The predicted molar refractivity (Wildman–Crippen MR) is 108 cm³/mol. The Bertz CT molecular complexity index is 1150. The zero-order valence-corrected chi connectivity index (χ0v) is 17.1. The summed E-state index contributed by atoms with van der Waals surface area (Å²) >= 11 is 0. The molecule has 1 N–H and O–H groups in total. The molecule has 0 amide bonds. The maximum atomic E-state index is 13.0. The lowest BCUT2D eigenvalue weighted by Gasteiger charge is -2.20. The van der Waals surface area contributed by atoms with E-state index in [1.54, 1.807) is 39.8 Å². The molecule has 0 bridgehead atoms. The minimum atomic E-state index is -0.723. The van der Waals surface area contributed by atoms with Crippen molar-refractivity contribution in [1.29, 1.82) is 0 Å². The molecule has 0 aliphatic heterocycles. The number of carbonyl (C=O) groups is 2. The van der Waals surface area contributed by atoms with Crippen molar-refractivity contribution in [3.63, 3.8) is 0 Å². The smallest absolute Gasteiger partial charge is 0.419 e. The van der Waals surface area contributed by atoms with E-state index in [2.05, 4.69) is 4.98 Å². The van der Waals surface area contributed by atoms with Crippen LogP contribution < -0.4 is 5.43 Å². The van der Waals surface area contributed by atoms with Gasteiger partial charge in [-0.25, -0.2) is 14.2 Å². The zero-order chi connectivity index (χ0) is 21.3. The van der Waals surface area contributed by atoms with Gasteiger partial charge in [0.25, 0.3) is 0 Å². The zero-order valence-electron chi connectivity index (χ0n) is 17.1. The minimum Gasteiger partial charge on any atom is -0.461 e. The highest BCUT2D eigenvalue weighted by Crippen LogP contribution is 2.32. The third kappa shape index (κ3) is 3.75. The molecule has 3 rings (SSSR count). The molecule has 0 fully saturated rings. The number of aromatic nitrogens is 2. The molecule has 0 aliphatic carbocycles. The van der Waals surface area contributed by atoms with Crippen LogP contribution in [0, 0.1) is 0 Å². The van der Waals surface area contributed by atoms with Crippen LogP contribution in [0.5, 0.6) is 0 Å². The normalized spacial score (nSPS) is 11.8. The van der Waals surface area contributed by atoms with Gasteiger partial charge < -0.3 is 19.2 Å². The fourth-order valence-electron chi connectivity index (χ4n) is 3.30. The molecule has 29 heavy (non-hydrogen) atoms. The molecule has 8 nitrogen and oxygen atoms in total. The van der Waals surface area contributed by atoms with E-state index in [1.165, 1.54) is 23.9 Å². The van der Waals surface area contributed by atoms with Gasteiger partial charge in [0.2, 0.25) is 0 Å². The van der Waals surface area contributed by atoms with Gasteiger partial charge in [-0.1, -0.05) is 6.07 Å². The van der Waals surface area contributed by atoms with Gasteiger partial charge in [0.15, 0.2) is 5.43 Å². The van der Waals surface area contributed by atoms with Gasteiger partial charge in [-0.3, -0.25) is 4.79 Å². The molecule has 0 atom stereocenters. The number of hydrogen-bond donors (Lipinski definition) is 1. The number of nitrogens with zero attached hydrogens (tertiary/aromatic N) is 1. The quantitative estimate of drug-likeness (QED) is 0.672. The highest BCUT2D eigenvalue weighted by atomic mass is 16.6. The van der Waals surface area contributed by atoms with E-state index in [-0.39, 0.29) is 24.3 Å². The van der Waals surface area contributed by atoms with Crippen LogP contribution in [-0.4, -0.2) is 40.9 Å². The average molecular weight is 400 g/mol. The second kappa shape index (κ2) is 7.71. The molecule has 0 unspecified atom stereocenters. The Kier molecular flexibility index (Phi) is 5.48. The van der Waals surface area contributed by atoms with Crippen molar-refractivity contribution in [2.75, 3.05) is 13.7 Å². The fraction of sp³-hybridized carbons (Fsp3) is 0.381. The standard InChI is InChI=1S/C21H24N2O6/c1-6-28-19(25)18-12(11-27-5)16-14(10-22-18)23(20(26)29-21(2,3)4)13-8-7-9-15(24)17(13)16/h7-10,22H,6,11H2,1-5H3. The van der Waals surface area contributed by atoms with Gasteiger partial charge in [0.05, 0.1) is 29.6 Å². The molecule has 0 aliphatic rings. The molecule has 0 spiro atoms. The summed E-state index contributed by atoms with van der Waals surface area (Å²) in [5.74, 6) is -0.567. The number of rotatable bonds is 4. The van der Waals surface area contributed by atoms with Gasteiger partial charge in [-0.15, -0.1) is 0 Å². The lowest BCUT2D eigenvalue weighted by Crippen LogP contribution is -2.27. The number of benzene rings is 1. The first-order chi connectivity index (χ1) is 13.7. The Morgan fingerprint density at radius 2 is 1.86 bits per heavy atom. The number of hydrogen-bond acceptors (Lipinski definition) is 6. The number of methoxy groups -OCH3 is 1. The Labute approximate surface area is 167 Å². The van der Waals surface area contributed by atoms with E-state index in [0.29, 0.717) is 27.4 Å².